The standard InChI is InChI=1S/C10H19N/c1-8(2)11-10-6-4-9(3)5-7-10/h8-9H,4-7H2,1-3H3. The lowest BCUT2D eigenvalue weighted by Gasteiger charge is -2.19. The molecule has 1 aliphatic rings. The van der Waals surface area contributed by atoms with Crippen molar-refractivity contribution in [3.05, 3.63) is 0 Å². The first-order valence-electron chi connectivity index (χ1n) is 4.74. The highest BCUT2D eigenvalue weighted by atomic mass is 14.8. The van der Waals surface area contributed by atoms with E-state index in [9.17, 15) is 0 Å². The fourth-order valence-corrected chi connectivity index (χ4v) is 1.59. The summed E-state index contributed by atoms with van der Waals surface area (Å²) in [7, 11) is 0. The molecule has 0 saturated heterocycles. The van der Waals surface area contributed by atoms with Gasteiger partial charge in [0, 0.05) is 11.8 Å². The van der Waals surface area contributed by atoms with Crippen molar-refractivity contribution in [2.45, 2.75) is 52.5 Å². The minimum atomic E-state index is 0.499. The van der Waals surface area contributed by atoms with Crippen LogP contribution < -0.4 is 0 Å². The smallest absolute Gasteiger partial charge is 0.0442 e. The van der Waals surface area contributed by atoms with E-state index in [0.717, 1.165) is 5.92 Å². The molecule has 0 aromatic rings. The van der Waals surface area contributed by atoms with Crippen molar-refractivity contribution in [1.29, 1.82) is 0 Å². The molecule has 0 unspecified atom stereocenters. The number of hydrogen-bond donors (Lipinski definition) is 0. The SMILES string of the molecule is CC1CCC(=NC(C)C)CC1. The molecule has 0 atom stereocenters. The summed E-state index contributed by atoms with van der Waals surface area (Å²) < 4.78 is 0. The van der Waals surface area contributed by atoms with Gasteiger partial charge in [-0.2, -0.15) is 0 Å². The Labute approximate surface area is 69.9 Å². The molecule has 0 bridgehead atoms. The van der Waals surface area contributed by atoms with E-state index in [0.29, 0.717) is 6.04 Å². The molecular formula is C10H19N. The van der Waals surface area contributed by atoms with Gasteiger partial charge in [-0.05, 0) is 45.4 Å². The van der Waals surface area contributed by atoms with Gasteiger partial charge in [0.2, 0.25) is 0 Å². The van der Waals surface area contributed by atoms with Gasteiger partial charge in [-0.1, -0.05) is 6.92 Å². The van der Waals surface area contributed by atoms with Crippen molar-refractivity contribution in [1.82, 2.24) is 0 Å². The third-order valence-electron chi connectivity index (χ3n) is 2.29. The van der Waals surface area contributed by atoms with Crippen LogP contribution in [0, 0.1) is 5.92 Å². The van der Waals surface area contributed by atoms with Gasteiger partial charge in [0.25, 0.3) is 0 Å². The third-order valence-corrected chi connectivity index (χ3v) is 2.29. The van der Waals surface area contributed by atoms with Crippen LogP contribution in [0.2, 0.25) is 0 Å². The first kappa shape index (κ1) is 8.76. The molecule has 1 saturated carbocycles. The fourth-order valence-electron chi connectivity index (χ4n) is 1.59. The average molecular weight is 153 g/mol. The van der Waals surface area contributed by atoms with Gasteiger partial charge in [0.15, 0.2) is 0 Å². The van der Waals surface area contributed by atoms with Crippen LogP contribution in [0.1, 0.15) is 46.5 Å². The van der Waals surface area contributed by atoms with E-state index in [4.69, 9.17) is 0 Å². The van der Waals surface area contributed by atoms with E-state index in [1.165, 1.54) is 31.4 Å². The molecule has 0 aliphatic heterocycles. The lowest BCUT2D eigenvalue weighted by atomic mass is 9.89. The highest BCUT2D eigenvalue weighted by Crippen LogP contribution is 2.21. The van der Waals surface area contributed by atoms with Crippen molar-refractivity contribution >= 4 is 5.71 Å². The van der Waals surface area contributed by atoms with Crippen LogP contribution in [0.3, 0.4) is 0 Å². The molecule has 1 heteroatoms. The Hall–Kier alpha value is -0.330. The molecule has 1 fully saturated rings. The van der Waals surface area contributed by atoms with E-state index in [1.807, 2.05) is 0 Å². The zero-order valence-corrected chi connectivity index (χ0v) is 7.93. The zero-order chi connectivity index (χ0) is 8.27. The molecule has 11 heavy (non-hydrogen) atoms. The molecule has 0 amide bonds. The third kappa shape index (κ3) is 3.04. The maximum atomic E-state index is 4.59. The van der Waals surface area contributed by atoms with Gasteiger partial charge < -0.3 is 0 Å². The van der Waals surface area contributed by atoms with Crippen molar-refractivity contribution in [3.8, 4) is 0 Å². The summed E-state index contributed by atoms with van der Waals surface area (Å²) in [5.74, 6) is 0.932. The van der Waals surface area contributed by atoms with Crippen LogP contribution in [0.5, 0.6) is 0 Å². The maximum Gasteiger partial charge on any atom is 0.0442 e. The van der Waals surface area contributed by atoms with Crippen LogP contribution in [0.4, 0.5) is 0 Å². The molecule has 0 N–H and O–H groups in total. The Morgan fingerprint density at radius 1 is 1.27 bits per heavy atom. The summed E-state index contributed by atoms with van der Waals surface area (Å²) in [5.41, 5.74) is 1.46. The molecule has 1 aliphatic carbocycles. The quantitative estimate of drug-likeness (QED) is 0.549. The first-order chi connectivity index (χ1) is 5.18. The van der Waals surface area contributed by atoms with Crippen LogP contribution in [0.15, 0.2) is 4.99 Å². The van der Waals surface area contributed by atoms with Crippen molar-refractivity contribution < 1.29 is 0 Å². The van der Waals surface area contributed by atoms with Crippen LogP contribution in [-0.4, -0.2) is 11.8 Å². The van der Waals surface area contributed by atoms with Gasteiger partial charge in [-0.3, -0.25) is 4.99 Å². The normalized spacial score (nSPS) is 25.8. The summed E-state index contributed by atoms with van der Waals surface area (Å²) >= 11 is 0. The van der Waals surface area contributed by atoms with E-state index >= 15 is 0 Å². The van der Waals surface area contributed by atoms with Crippen LogP contribution in [-0.2, 0) is 0 Å². The lowest BCUT2D eigenvalue weighted by molar-refractivity contribution is 0.481. The van der Waals surface area contributed by atoms with Gasteiger partial charge in [0.1, 0.15) is 0 Å². The van der Waals surface area contributed by atoms with Gasteiger partial charge in [-0.25, -0.2) is 0 Å². The first-order valence-corrected chi connectivity index (χ1v) is 4.74. The Morgan fingerprint density at radius 2 is 1.82 bits per heavy atom. The summed E-state index contributed by atoms with van der Waals surface area (Å²) in [6, 6.07) is 0.499. The van der Waals surface area contributed by atoms with Crippen molar-refractivity contribution in [2.24, 2.45) is 10.9 Å². The van der Waals surface area contributed by atoms with Crippen molar-refractivity contribution in [2.75, 3.05) is 0 Å². The molecule has 1 nitrogen and oxygen atoms in total. The molecule has 0 radical (unpaired) electrons. The Morgan fingerprint density at radius 3 is 2.27 bits per heavy atom. The number of rotatable bonds is 1. The van der Waals surface area contributed by atoms with E-state index in [1.54, 1.807) is 0 Å². The average Bonchev–Trinajstić information content (AvgIpc) is 1.93. The molecule has 0 aromatic carbocycles. The molecule has 0 heterocycles. The highest BCUT2D eigenvalue weighted by Gasteiger charge is 2.12. The van der Waals surface area contributed by atoms with Gasteiger partial charge in [0.05, 0.1) is 0 Å². The predicted octanol–water partition coefficient (Wildman–Crippen LogP) is 3.05. The summed E-state index contributed by atoms with van der Waals surface area (Å²) in [5, 5.41) is 0. The summed E-state index contributed by atoms with van der Waals surface area (Å²) in [4.78, 5) is 4.59. The second-order valence-electron chi connectivity index (χ2n) is 3.97. The predicted molar refractivity (Wildman–Crippen MR) is 50.2 cm³/mol. The number of aliphatic imine (C=N–C) groups is 1. The Balaban J connectivity index is 2.38. The Bertz CT molecular complexity index is 137. The topological polar surface area (TPSA) is 12.4 Å². The number of hydrogen-bond acceptors (Lipinski definition) is 1. The molecule has 1 rings (SSSR count). The maximum absolute atomic E-state index is 4.59. The van der Waals surface area contributed by atoms with Crippen LogP contribution in [0.25, 0.3) is 0 Å². The molecular weight excluding hydrogens is 134 g/mol. The summed E-state index contributed by atoms with van der Waals surface area (Å²) in [6.45, 7) is 6.65. The zero-order valence-electron chi connectivity index (χ0n) is 7.93. The van der Waals surface area contributed by atoms with Crippen LogP contribution >= 0.6 is 0 Å². The van der Waals surface area contributed by atoms with E-state index in [-0.39, 0.29) is 0 Å². The van der Waals surface area contributed by atoms with Crippen molar-refractivity contribution in [3.63, 3.8) is 0 Å². The largest absolute Gasteiger partial charge is 0.291 e. The van der Waals surface area contributed by atoms with Gasteiger partial charge in [-0.15, -0.1) is 0 Å². The lowest BCUT2D eigenvalue weighted by Crippen LogP contribution is -2.13. The molecule has 0 aromatic heterocycles. The fraction of sp³-hybridized carbons (Fsp3) is 0.900. The number of nitrogens with zero attached hydrogens (tertiary/aromatic N) is 1. The minimum Gasteiger partial charge on any atom is -0.291 e. The monoisotopic (exact) mass is 153 g/mol. The highest BCUT2D eigenvalue weighted by molar-refractivity contribution is 5.85. The summed E-state index contributed by atoms with van der Waals surface area (Å²) in [6.07, 6.45) is 5.20. The Kier molecular flexibility index (Phi) is 3.10. The minimum absolute atomic E-state index is 0.499. The van der Waals surface area contributed by atoms with E-state index < -0.39 is 0 Å². The second kappa shape index (κ2) is 3.89. The second-order valence-corrected chi connectivity index (χ2v) is 3.97. The molecule has 0 spiro atoms. The van der Waals surface area contributed by atoms with E-state index in [2.05, 4.69) is 25.8 Å². The van der Waals surface area contributed by atoms with Gasteiger partial charge >= 0.3 is 0 Å². The molecule has 64 valence electrons.